The van der Waals surface area contributed by atoms with Crippen LogP contribution in [-0.2, 0) is 4.74 Å². The zero-order chi connectivity index (χ0) is 9.26. The van der Waals surface area contributed by atoms with Crippen LogP contribution in [0, 0.1) is 0 Å². The molecule has 70 valence electrons. The van der Waals surface area contributed by atoms with E-state index in [-0.39, 0.29) is 5.92 Å². The normalized spacial score (nSPS) is 22.0. The van der Waals surface area contributed by atoms with E-state index >= 15 is 0 Å². The Labute approximate surface area is 75.3 Å². The van der Waals surface area contributed by atoms with E-state index < -0.39 is 5.91 Å². The molecular formula is C8H11N3O2. The molecule has 0 aromatic carbocycles. The van der Waals surface area contributed by atoms with Gasteiger partial charge in [-0.1, -0.05) is 0 Å². The zero-order valence-corrected chi connectivity index (χ0v) is 7.12. The molecule has 0 spiro atoms. The Bertz CT molecular complexity index is 315. The minimum atomic E-state index is -0.435. The van der Waals surface area contributed by atoms with Crippen molar-refractivity contribution < 1.29 is 9.53 Å². The molecule has 1 fully saturated rings. The summed E-state index contributed by atoms with van der Waals surface area (Å²) in [6.45, 7) is 1.38. The Kier molecular flexibility index (Phi) is 2.02. The summed E-state index contributed by atoms with van der Waals surface area (Å²) in [6, 6.07) is 0. The van der Waals surface area contributed by atoms with Crippen molar-refractivity contribution in [1.29, 1.82) is 0 Å². The number of carbonyl (C=O) groups is 1. The van der Waals surface area contributed by atoms with Crippen molar-refractivity contribution in [2.75, 3.05) is 13.2 Å². The molecule has 5 heteroatoms. The zero-order valence-electron chi connectivity index (χ0n) is 7.12. The summed E-state index contributed by atoms with van der Waals surface area (Å²) in [5.74, 6) is -0.194. The van der Waals surface area contributed by atoms with Gasteiger partial charge in [0.15, 0.2) is 0 Å². The van der Waals surface area contributed by atoms with E-state index in [0.29, 0.717) is 12.2 Å². The fraction of sp³-hybridized carbons (Fsp3) is 0.500. The largest absolute Gasteiger partial charge is 0.381 e. The lowest BCUT2D eigenvalue weighted by atomic mass is 10.0. The predicted molar refractivity (Wildman–Crippen MR) is 45.3 cm³/mol. The lowest BCUT2D eigenvalue weighted by Gasteiger charge is -2.05. The molecule has 1 aliphatic heterocycles. The number of rotatable bonds is 2. The lowest BCUT2D eigenvalue weighted by Crippen LogP contribution is -2.14. The van der Waals surface area contributed by atoms with Crippen LogP contribution < -0.4 is 5.73 Å². The van der Waals surface area contributed by atoms with Crippen molar-refractivity contribution in [1.82, 2.24) is 10.2 Å². The SMILES string of the molecule is NC(=O)c1cn[nH]c1[C@@H]1CCOC1. The van der Waals surface area contributed by atoms with E-state index in [1.807, 2.05) is 0 Å². The predicted octanol–water partition coefficient (Wildman–Crippen LogP) is 0.0125. The molecule has 1 aliphatic rings. The molecule has 1 amide bonds. The molecule has 5 nitrogen and oxygen atoms in total. The third-order valence-corrected chi connectivity index (χ3v) is 2.27. The third kappa shape index (κ3) is 1.42. The van der Waals surface area contributed by atoms with Crippen molar-refractivity contribution in [2.24, 2.45) is 5.73 Å². The number of nitrogens with one attached hydrogen (secondary N) is 1. The number of aromatic amines is 1. The highest BCUT2D eigenvalue weighted by atomic mass is 16.5. The first-order valence-corrected chi connectivity index (χ1v) is 4.20. The van der Waals surface area contributed by atoms with Gasteiger partial charge in [0.05, 0.1) is 24.1 Å². The maximum absolute atomic E-state index is 11.0. The Balaban J connectivity index is 2.28. The molecule has 0 unspecified atom stereocenters. The van der Waals surface area contributed by atoms with E-state index in [4.69, 9.17) is 10.5 Å². The van der Waals surface area contributed by atoms with Crippen molar-refractivity contribution in [2.45, 2.75) is 12.3 Å². The number of hydrogen-bond donors (Lipinski definition) is 2. The minimum Gasteiger partial charge on any atom is -0.381 e. The van der Waals surface area contributed by atoms with Gasteiger partial charge in [0.2, 0.25) is 0 Å². The Morgan fingerprint density at radius 1 is 1.77 bits per heavy atom. The number of H-pyrrole nitrogens is 1. The fourth-order valence-corrected chi connectivity index (χ4v) is 1.57. The van der Waals surface area contributed by atoms with E-state index in [1.54, 1.807) is 0 Å². The van der Waals surface area contributed by atoms with Gasteiger partial charge in [-0.3, -0.25) is 9.89 Å². The van der Waals surface area contributed by atoms with Gasteiger partial charge < -0.3 is 10.5 Å². The second kappa shape index (κ2) is 3.18. The van der Waals surface area contributed by atoms with E-state index in [0.717, 1.165) is 18.7 Å². The number of aromatic nitrogens is 2. The van der Waals surface area contributed by atoms with Gasteiger partial charge in [0, 0.05) is 12.5 Å². The quantitative estimate of drug-likeness (QED) is 0.674. The minimum absolute atomic E-state index is 0.241. The molecule has 2 rings (SSSR count). The van der Waals surface area contributed by atoms with Gasteiger partial charge >= 0.3 is 0 Å². The summed E-state index contributed by atoms with van der Waals surface area (Å²) < 4.78 is 5.22. The van der Waals surface area contributed by atoms with Crippen molar-refractivity contribution >= 4 is 5.91 Å². The van der Waals surface area contributed by atoms with Crippen LogP contribution in [-0.4, -0.2) is 29.3 Å². The fourth-order valence-electron chi connectivity index (χ4n) is 1.57. The number of ether oxygens (including phenoxy) is 1. The topological polar surface area (TPSA) is 81.0 Å². The maximum atomic E-state index is 11.0. The van der Waals surface area contributed by atoms with Gasteiger partial charge in [0.1, 0.15) is 0 Å². The van der Waals surface area contributed by atoms with Gasteiger partial charge in [-0.25, -0.2) is 0 Å². The molecule has 0 aliphatic carbocycles. The van der Waals surface area contributed by atoms with Gasteiger partial charge in [0.25, 0.3) is 5.91 Å². The first-order valence-electron chi connectivity index (χ1n) is 4.20. The van der Waals surface area contributed by atoms with E-state index in [2.05, 4.69) is 10.2 Å². The summed E-state index contributed by atoms with van der Waals surface area (Å²) in [5.41, 5.74) is 6.48. The molecule has 3 N–H and O–H groups in total. The van der Waals surface area contributed by atoms with Crippen LogP contribution in [0.2, 0.25) is 0 Å². The van der Waals surface area contributed by atoms with Crippen molar-refractivity contribution in [3.63, 3.8) is 0 Å². The maximum Gasteiger partial charge on any atom is 0.252 e. The highest BCUT2D eigenvalue weighted by molar-refractivity contribution is 5.93. The molecule has 13 heavy (non-hydrogen) atoms. The Morgan fingerprint density at radius 3 is 3.23 bits per heavy atom. The molecule has 0 radical (unpaired) electrons. The summed E-state index contributed by atoms with van der Waals surface area (Å²) >= 11 is 0. The second-order valence-corrected chi connectivity index (χ2v) is 3.12. The van der Waals surface area contributed by atoms with Gasteiger partial charge in [-0.15, -0.1) is 0 Å². The van der Waals surface area contributed by atoms with Crippen LogP contribution in [0.15, 0.2) is 6.20 Å². The molecule has 1 aromatic heterocycles. The number of hydrogen-bond acceptors (Lipinski definition) is 3. The van der Waals surface area contributed by atoms with Crippen LogP contribution in [0.25, 0.3) is 0 Å². The lowest BCUT2D eigenvalue weighted by molar-refractivity contribution is 0.0999. The van der Waals surface area contributed by atoms with E-state index in [1.165, 1.54) is 6.20 Å². The molecule has 0 bridgehead atoms. The number of nitrogens with two attached hydrogens (primary N) is 1. The molecule has 1 aromatic rings. The Hall–Kier alpha value is -1.36. The van der Waals surface area contributed by atoms with Crippen molar-refractivity contribution in [3.8, 4) is 0 Å². The van der Waals surface area contributed by atoms with Gasteiger partial charge in [-0.05, 0) is 6.42 Å². The summed E-state index contributed by atoms with van der Waals surface area (Å²) in [7, 11) is 0. The highest BCUT2D eigenvalue weighted by Gasteiger charge is 2.23. The van der Waals surface area contributed by atoms with Crippen LogP contribution in [0.1, 0.15) is 28.4 Å². The van der Waals surface area contributed by atoms with Crippen molar-refractivity contribution in [3.05, 3.63) is 17.5 Å². The van der Waals surface area contributed by atoms with E-state index in [9.17, 15) is 4.79 Å². The number of amides is 1. The number of primary amides is 1. The summed E-state index contributed by atoms with van der Waals surface area (Å²) in [4.78, 5) is 11.0. The standard InChI is InChI=1S/C8H11N3O2/c9-8(12)6-3-10-11-7(6)5-1-2-13-4-5/h3,5H,1-2,4H2,(H2,9,12)(H,10,11)/t5-/m1/s1. The summed E-state index contributed by atoms with van der Waals surface area (Å²) in [6.07, 6.45) is 2.39. The number of carbonyl (C=O) groups excluding carboxylic acids is 1. The third-order valence-electron chi connectivity index (χ3n) is 2.27. The molecule has 1 atom stereocenters. The molecule has 0 saturated carbocycles. The second-order valence-electron chi connectivity index (χ2n) is 3.12. The molecule has 2 heterocycles. The van der Waals surface area contributed by atoms with Gasteiger partial charge in [-0.2, -0.15) is 5.10 Å². The Morgan fingerprint density at radius 2 is 2.62 bits per heavy atom. The average Bonchev–Trinajstić information content (AvgIpc) is 2.74. The molecular weight excluding hydrogens is 170 g/mol. The average molecular weight is 181 g/mol. The van der Waals surface area contributed by atoms with Crippen LogP contribution in [0.4, 0.5) is 0 Å². The molecule has 1 saturated heterocycles. The first-order chi connectivity index (χ1) is 6.29. The highest BCUT2D eigenvalue weighted by Crippen LogP contribution is 2.25. The summed E-state index contributed by atoms with van der Waals surface area (Å²) in [5, 5.41) is 6.60. The smallest absolute Gasteiger partial charge is 0.252 e. The van der Waals surface area contributed by atoms with Crippen LogP contribution in [0.3, 0.4) is 0 Å². The first kappa shape index (κ1) is 8.25. The monoisotopic (exact) mass is 181 g/mol. The van der Waals surface area contributed by atoms with Crippen LogP contribution >= 0.6 is 0 Å². The van der Waals surface area contributed by atoms with Crippen LogP contribution in [0.5, 0.6) is 0 Å². The number of nitrogens with zero attached hydrogens (tertiary/aromatic N) is 1.